The number of hydrogen-bond donors (Lipinski definition) is 2. The Balaban J connectivity index is 1.98. The number of likely N-dealkylation sites (tertiary alicyclic amines) is 1. The van der Waals surface area contributed by atoms with Crippen LogP contribution in [0.15, 0.2) is 18.3 Å². The molecule has 0 aromatic carbocycles. The van der Waals surface area contributed by atoms with Crippen molar-refractivity contribution in [2.24, 2.45) is 5.73 Å². The number of rotatable bonds is 3. The van der Waals surface area contributed by atoms with Gasteiger partial charge in [-0.1, -0.05) is 0 Å². The Hall–Kier alpha value is -0.970. The first-order valence-electron chi connectivity index (χ1n) is 5.32. The molecule has 0 saturated carbocycles. The highest BCUT2D eigenvalue weighted by molar-refractivity contribution is 5.16. The van der Waals surface area contributed by atoms with Gasteiger partial charge in [-0.05, 0) is 24.1 Å². The predicted octanol–water partition coefficient (Wildman–Crippen LogP) is 0.107. The average Bonchev–Trinajstić information content (AvgIpc) is 2.64. The second kappa shape index (κ2) is 4.70. The molecule has 1 aliphatic heterocycles. The van der Waals surface area contributed by atoms with E-state index >= 15 is 0 Å². The Morgan fingerprint density at radius 3 is 3.13 bits per heavy atom. The summed E-state index contributed by atoms with van der Waals surface area (Å²) < 4.78 is 0. The van der Waals surface area contributed by atoms with Gasteiger partial charge in [-0.25, -0.2) is 0 Å². The van der Waals surface area contributed by atoms with Gasteiger partial charge < -0.3 is 10.8 Å². The first-order chi connectivity index (χ1) is 7.28. The van der Waals surface area contributed by atoms with Crippen LogP contribution < -0.4 is 5.73 Å². The summed E-state index contributed by atoms with van der Waals surface area (Å²) in [5, 5.41) is 9.40. The Labute approximate surface area is 89.7 Å². The quantitative estimate of drug-likeness (QED) is 0.738. The molecule has 0 aliphatic carbocycles. The van der Waals surface area contributed by atoms with E-state index in [0.29, 0.717) is 6.54 Å². The van der Waals surface area contributed by atoms with E-state index in [-0.39, 0.29) is 6.10 Å². The molecule has 82 valence electrons. The number of aromatic nitrogens is 1. The van der Waals surface area contributed by atoms with Crippen LogP contribution in [0.4, 0.5) is 0 Å². The van der Waals surface area contributed by atoms with Gasteiger partial charge in [0, 0.05) is 32.4 Å². The van der Waals surface area contributed by atoms with Crippen molar-refractivity contribution in [2.45, 2.75) is 25.6 Å². The van der Waals surface area contributed by atoms with Crippen LogP contribution in [0.25, 0.3) is 0 Å². The summed E-state index contributed by atoms with van der Waals surface area (Å²) in [5.41, 5.74) is 7.68. The summed E-state index contributed by atoms with van der Waals surface area (Å²) in [6.07, 6.45) is 2.53. The van der Waals surface area contributed by atoms with Crippen LogP contribution in [0.1, 0.15) is 17.7 Å². The van der Waals surface area contributed by atoms with Gasteiger partial charge >= 0.3 is 0 Å². The fourth-order valence-electron chi connectivity index (χ4n) is 1.95. The van der Waals surface area contributed by atoms with Crippen molar-refractivity contribution in [3.05, 3.63) is 29.6 Å². The molecular weight excluding hydrogens is 190 g/mol. The fraction of sp³-hybridized carbons (Fsp3) is 0.545. The zero-order valence-corrected chi connectivity index (χ0v) is 8.76. The summed E-state index contributed by atoms with van der Waals surface area (Å²) in [4.78, 5) is 6.40. The van der Waals surface area contributed by atoms with Gasteiger partial charge in [-0.3, -0.25) is 9.88 Å². The molecule has 0 bridgehead atoms. The molecule has 1 aromatic rings. The maximum atomic E-state index is 9.40. The number of pyridine rings is 1. The minimum absolute atomic E-state index is 0.152. The number of hydrogen-bond acceptors (Lipinski definition) is 4. The molecule has 1 atom stereocenters. The van der Waals surface area contributed by atoms with Crippen molar-refractivity contribution in [2.75, 3.05) is 13.1 Å². The van der Waals surface area contributed by atoms with Gasteiger partial charge in [-0.15, -0.1) is 0 Å². The molecule has 15 heavy (non-hydrogen) atoms. The average molecular weight is 207 g/mol. The van der Waals surface area contributed by atoms with E-state index in [9.17, 15) is 5.11 Å². The van der Waals surface area contributed by atoms with Crippen LogP contribution in [-0.4, -0.2) is 34.2 Å². The van der Waals surface area contributed by atoms with E-state index in [2.05, 4.69) is 9.88 Å². The van der Waals surface area contributed by atoms with Crippen LogP contribution in [0.2, 0.25) is 0 Å². The molecule has 4 nitrogen and oxygen atoms in total. The largest absolute Gasteiger partial charge is 0.392 e. The van der Waals surface area contributed by atoms with Crippen molar-refractivity contribution in [3.63, 3.8) is 0 Å². The number of aliphatic hydroxyl groups excluding tert-OH is 1. The zero-order valence-electron chi connectivity index (χ0n) is 8.76. The lowest BCUT2D eigenvalue weighted by Gasteiger charge is -2.14. The third-order valence-electron chi connectivity index (χ3n) is 2.74. The van der Waals surface area contributed by atoms with E-state index in [1.165, 1.54) is 5.56 Å². The lowest BCUT2D eigenvalue weighted by atomic mass is 10.2. The molecule has 1 fully saturated rings. The van der Waals surface area contributed by atoms with Crippen molar-refractivity contribution >= 4 is 0 Å². The van der Waals surface area contributed by atoms with Gasteiger partial charge in [0.25, 0.3) is 0 Å². The lowest BCUT2D eigenvalue weighted by molar-refractivity contribution is 0.175. The molecule has 2 heterocycles. The molecule has 3 N–H and O–H groups in total. The summed E-state index contributed by atoms with van der Waals surface area (Å²) >= 11 is 0. The monoisotopic (exact) mass is 207 g/mol. The van der Waals surface area contributed by atoms with Crippen LogP contribution in [-0.2, 0) is 13.1 Å². The van der Waals surface area contributed by atoms with Gasteiger partial charge in [0.05, 0.1) is 11.8 Å². The third-order valence-corrected chi connectivity index (χ3v) is 2.74. The lowest BCUT2D eigenvalue weighted by Crippen LogP contribution is -2.21. The molecule has 1 saturated heterocycles. The van der Waals surface area contributed by atoms with Gasteiger partial charge in [0.15, 0.2) is 0 Å². The maximum Gasteiger partial charge on any atom is 0.0679 e. The summed E-state index contributed by atoms with van der Waals surface area (Å²) in [7, 11) is 0. The van der Waals surface area contributed by atoms with Crippen LogP contribution in [0.3, 0.4) is 0 Å². The Morgan fingerprint density at radius 1 is 1.60 bits per heavy atom. The number of nitrogens with zero attached hydrogens (tertiary/aromatic N) is 2. The smallest absolute Gasteiger partial charge is 0.0679 e. The Morgan fingerprint density at radius 2 is 2.47 bits per heavy atom. The van der Waals surface area contributed by atoms with Crippen LogP contribution >= 0.6 is 0 Å². The predicted molar refractivity (Wildman–Crippen MR) is 58.0 cm³/mol. The molecule has 1 aliphatic rings. The Kier molecular flexibility index (Phi) is 3.30. The second-order valence-corrected chi connectivity index (χ2v) is 4.04. The molecule has 1 aromatic heterocycles. The van der Waals surface area contributed by atoms with Crippen molar-refractivity contribution in [1.29, 1.82) is 0 Å². The highest BCUT2D eigenvalue weighted by Crippen LogP contribution is 2.13. The van der Waals surface area contributed by atoms with Gasteiger partial charge in [0.1, 0.15) is 0 Å². The first kappa shape index (κ1) is 10.5. The SMILES string of the molecule is NCc1cc(CN2CCC(O)C2)ccn1. The van der Waals surface area contributed by atoms with Crippen molar-refractivity contribution in [3.8, 4) is 0 Å². The summed E-state index contributed by atoms with van der Waals surface area (Å²) in [5.74, 6) is 0. The van der Waals surface area contributed by atoms with E-state index < -0.39 is 0 Å². The minimum atomic E-state index is -0.152. The standard InChI is InChI=1S/C11H17N3O/c12-6-10-5-9(1-3-13-10)7-14-4-2-11(15)8-14/h1,3,5,11,15H,2,4,6-8,12H2. The summed E-state index contributed by atoms with van der Waals surface area (Å²) in [6.45, 7) is 3.12. The molecule has 1 unspecified atom stereocenters. The maximum absolute atomic E-state index is 9.40. The topological polar surface area (TPSA) is 62.4 Å². The third kappa shape index (κ3) is 2.75. The first-order valence-corrected chi connectivity index (χ1v) is 5.32. The van der Waals surface area contributed by atoms with Gasteiger partial charge in [-0.2, -0.15) is 0 Å². The molecule has 0 radical (unpaired) electrons. The van der Waals surface area contributed by atoms with Crippen LogP contribution in [0, 0.1) is 0 Å². The zero-order chi connectivity index (χ0) is 10.7. The minimum Gasteiger partial charge on any atom is -0.392 e. The van der Waals surface area contributed by atoms with E-state index in [1.54, 1.807) is 6.20 Å². The van der Waals surface area contributed by atoms with E-state index in [1.807, 2.05) is 12.1 Å². The molecule has 0 amide bonds. The molecule has 0 spiro atoms. The van der Waals surface area contributed by atoms with Crippen LogP contribution in [0.5, 0.6) is 0 Å². The van der Waals surface area contributed by atoms with Crippen molar-refractivity contribution in [1.82, 2.24) is 9.88 Å². The molecule has 4 heteroatoms. The fourth-order valence-corrected chi connectivity index (χ4v) is 1.95. The highest BCUT2D eigenvalue weighted by atomic mass is 16.3. The number of aliphatic hydroxyl groups is 1. The van der Waals surface area contributed by atoms with Gasteiger partial charge in [0.2, 0.25) is 0 Å². The van der Waals surface area contributed by atoms with E-state index in [4.69, 9.17) is 5.73 Å². The van der Waals surface area contributed by atoms with Crippen molar-refractivity contribution < 1.29 is 5.11 Å². The van der Waals surface area contributed by atoms with E-state index in [0.717, 1.165) is 31.7 Å². The summed E-state index contributed by atoms with van der Waals surface area (Å²) in [6, 6.07) is 4.04. The molecular formula is C11H17N3O. The normalized spacial score (nSPS) is 22.1. The second-order valence-electron chi connectivity index (χ2n) is 4.04. The Bertz CT molecular complexity index is 329. The highest BCUT2D eigenvalue weighted by Gasteiger charge is 2.19. The number of nitrogens with two attached hydrogens (primary N) is 1. The molecule has 2 rings (SSSR count). The number of β-amino-alcohol motifs (C(OH)–C–C–N with tert-alkyl or cyclic N) is 1.